The number of ether oxygens (including phenoxy) is 3. The number of hydrogen-bond donors (Lipinski definition) is 4. The van der Waals surface area contributed by atoms with Gasteiger partial charge in [0.05, 0.1) is 27.1 Å². The largest absolute Gasteiger partial charge is 0.481 e. The number of rotatable bonds is 8. The highest BCUT2D eigenvalue weighted by atomic mass is 16.6. The van der Waals surface area contributed by atoms with Crippen LogP contribution in [0.25, 0.3) is 0 Å². The first-order chi connectivity index (χ1) is 11.6. The molecule has 13 heteroatoms. The zero-order valence-corrected chi connectivity index (χ0v) is 13.1. The zero-order valence-electron chi connectivity index (χ0n) is 13.1. The minimum Gasteiger partial charge on any atom is -0.481 e. The summed E-state index contributed by atoms with van der Waals surface area (Å²) in [4.78, 5) is 67.2. The molecule has 2 atom stereocenters. The molecule has 0 aliphatic heterocycles. The van der Waals surface area contributed by atoms with E-state index in [0.717, 1.165) is 14.2 Å². The maximum atomic E-state index is 11.8. The minimum absolute atomic E-state index is 0.935. The molecule has 0 unspecified atom stereocenters. The normalized spacial score (nSPS) is 12.1. The van der Waals surface area contributed by atoms with Crippen LogP contribution in [0.5, 0.6) is 0 Å². The molecule has 140 valence electrons. The molecule has 0 radical (unpaired) electrons. The van der Waals surface area contributed by atoms with Crippen LogP contribution in [0.2, 0.25) is 0 Å². The molecule has 13 nitrogen and oxygen atoms in total. The van der Waals surface area contributed by atoms with Crippen LogP contribution < -0.4 is 10.6 Å². The van der Waals surface area contributed by atoms with E-state index in [-0.39, 0.29) is 0 Å². The lowest BCUT2D eigenvalue weighted by atomic mass is 10.2. The van der Waals surface area contributed by atoms with E-state index in [1.807, 2.05) is 10.6 Å². The van der Waals surface area contributed by atoms with E-state index >= 15 is 0 Å². The number of aliphatic carboxylic acids is 2. The first-order valence-electron chi connectivity index (χ1n) is 6.48. The highest BCUT2D eigenvalue weighted by molar-refractivity contribution is 5.96. The first kappa shape index (κ1) is 21.6. The lowest BCUT2D eigenvalue weighted by molar-refractivity contribution is -0.165. The van der Waals surface area contributed by atoms with Crippen LogP contribution in [0, 0.1) is 0 Å². The summed E-state index contributed by atoms with van der Waals surface area (Å²) in [7, 11) is 1.90. The SMILES string of the molecule is COC(=O)N[C@@H](CC(=O)O)C(=O)OC(=O)[C@H](CC(=O)O)NC(=O)OC. The van der Waals surface area contributed by atoms with E-state index < -0.39 is 61.0 Å². The number of alkyl carbamates (subject to hydrolysis) is 2. The van der Waals surface area contributed by atoms with E-state index in [0.29, 0.717) is 0 Å². The number of carbonyl (C=O) groups is 6. The Balaban J connectivity index is 5.09. The molecule has 0 aromatic carbocycles. The van der Waals surface area contributed by atoms with Crippen LogP contribution in [0.4, 0.5) is 9.59 Å². The predicted octanol–water partition coefficient (Wildman–Crippen LogP) is -1.55. The van der Waals surface area contributed by atoms with Gasteiger partial charge in [0, 0.05) is 0 Å². The Morgan fingerprint density at radius 3 is 1.32 bits per heavy atom. The van der Waals surface area contributed by atoms with Crippen molar-refractivity contribution < 1.29 is 53.2 Å². The van der Waals surface area contributed by atoms with Crippen molar-refractivity contribution >= 4 is 36.1 Å². The van der Waals surface area contributed by atoms with Crippen molar-refractivity contribution in [3.8, 4) is 0 Å². The van der Waals surface area contributed by atoms with Gasteiger partial charge in [0.2, 0.25) is 0 Å². The fourth-order valence-electron chi connectivity index (χ4n) is 1.38. The Bertz CT molecular complexity index is 511. The number of carboxylic acid groups (broad SMARTS) is 2. The molecule has 0 heterocycles. The van der Waals surface area contributed by atoms with E-state index in [1.165, 1.54) is 0 Å². The van der Waals surface area contributed by atoms with Crippen molar-refractivity contribution in [2.75, 3.05) is 14.2 Å². The Kier molecular flexibility index (Phi) is 9.00. The minimum atomic E-state index is -1.78. The van der Waals surface area contributed by atoms with E-state index in [1.54, 1.807) is 0 Å². The summed E-state index contributed by atoms with van der Waals surface area (Å²) >= 11 is 0. The average molecular weight is 364 g/mol. The number of nitrogens with one attached hydrogen (secondary N) is 2. The average Bonchev–Trinajstić information content (AvgIpc) is 2.52. The summed E-state index contributed by atoms with van der Waals surface area (Å²) in [6.45, 7) is 0. The molecule has 0 bridgehead atoms. The van der Waals surface area contributed by atoms with Crippen LogP contribution in [-0.4, -0.2) is 72.6 Å². The second-order valence-corrected chi connectivity index (χ2v) is 4.31. The predicted molar refractivity (Wildman–Crippen MR) is 74.3 cm³/mol. The zero-order chi connectivity index (χ0) is 19.6. The molecule has 0 saturated carbocycles. The molecule has 0 rings (SSSR count). The number of methoxy groups -OCH3 is 2. The molecule has 0 spiro atoms. The number of esters is 2. The molecule has 25 heavy (non-hydrogen) atoms. The Morgan fingerprint density at radius 1 is 0.760 bits per heavy atom. The Labute approximate surface area is 140 Å². The van der Waals surface area contributed by atoms with Crippen molar-refractivity contribution in [2.24, 2.45) is 0 Å². The summed E-state index contributed by atoms with van der Waals surface area (Å²) < 4.78 is 12.7. The molecule has 0 aromatic heterocycles. The van der Waals surface area contributed by atoms with Crippen LogP contribution in [0.15, 0.2) is 0 Å². The molecule has 4 N–H and O–H groups in total. The van der Waals surface area contributed by atoms with Gasteiger partial charge in [-0.1, -0.05) is 0 Å². The summed E-state index contributed by atoms with van der Waals surface area (Å²) in [6, 6.07) is -3.56. The van der Waals surface area contributed by atoms with Crippen molar-refractivity contribution in [3.63, 3.8) is 0 Å². The number of amides is 2. The third-order valence-electron chi connectivity index (χ3n) is 2.48. The molecule has 0 aliphatic rings. The van der Waals surface area contributed by atoms with Gasteiger partial charge in [0.15, 0.2) is 0 Å². The number of carboxylic acids is 2. The van der Waals surface area contributed by atoms with Crippen molar-refractivity contribution in [3.05, 3.63) is 0 Å². The lowest BCUT2D eigenvalue weighted by Crippen LogP contribution is -2.48. The highest BCUT2D eigenvalue weighted by Gasteiger charge is 2.32. The topological polar surface area (TPSA) is 195 Å². The summed E-state index contributed by atoms with van der Waals surface area (Å²) in [5.41, 5.74) is 0. The summed E-state index contributed by atoms with van der Waals surface area (Å²) in [5.74, 6) is -5.97. The molecule has 2 amide bonds. The summed E-state index contributed by atoms with van der Waals surface area (Å²) in [6.07, 6.45) is -4.19. The highest BCUT2D eigenvalue weighted by Crippen LogP contribution is 2.03. The van der Waals surface area contributed by atoms with Crippen molar-refractivity contribution in [1.82, 2.24) is 10.6 Å². The van der Waals surface area contributed by atoms with E-state index in [2.05, 4.69) is 14.2 Å². The number of hydrogen-bond acceptors (Lipinski definition) is 9. The van der Waals surface area contributed by atoms with Gasteiger partial charge in [-0.05, 0) is 0 Å². The van der Waals surface area contributed by atoms with E-state index in [9.17, 15) is 28.8 Å². The maximum absolute atomic E-state index is 11.8. The van der Waals surface area contributed by atoms with Crippen LogP contribution >= 0.6 is 0 Å². The number of carbonyl (C=O) groups excluding carboxylic acids is 4. The van der Waals surface area contributed by atoms with Gasteiger partial charge in [-0.2, -0.15) is 0 Å². The van der Waals surface area contributed by atoms with Gasteiger partial charge in [-0.15, -0.1) is 0 Å². The molecule has 0 aromatic rings. The van der Waals surface area contributed by atoms with Crippen molar-refractivity contribution in [2.45, 2.75) is 24.9 Å². The van der Waals surface area contributed by atoms with Crippen LogP contribution in [-0.2, 0) is 33.4 Å². The van der Waals surface area contributed by atoms with Crippen LogP contribution in [0.3, 0.4) is 0 Å². The van der Waals surface area contributed by atoms with Gasteiger partial charge in [-0.3, -0.25) is 9.59 Å². The second kappa shape index (κ2) is 10.4. The van der Waals surface area contributed by atoms with Crippen LogP contribution in [0.1, 0.15) is 12.8 Å². The Hall–Kier alpha value is -3.38. The van der Waals surface area contributed by atoms with Crippen molar-refractivity contribution in [1.29, 1.82) is 0 Å². The smallest absolute Gasteiger partial charge is 0.407 e. The second-order valence-electron chi connectivity index (χ2n) is 4.31. The molecular formula is C12H16N2O11. The van der Waals surface area contributed by atoms with Gasteiger partial charge in [-0.25, -0.2) is 19.2 Å². The lowest BCUT2D eigenvalue weighted by Gasteiger charge is -2.17. The monoisotopic (exact) mass is 364 g/mol. The van der Waals surface area contributed by atoms with Gasteiger partial charge < -0.3 is 35.1 Å². The first-order valence-corrected chi connectivity index (χ1v) is 6.48. The quantitative estimate of drug-likeness (QED) is 0.221. The Morgan fingerprint density at radius 2 is 1.08 bits per heavy atom. The molecule has 0 aliphatic carbocycles. The van der Waals surface area contributed by atoms with Gasteiger partial charge in [0.25, 0.3) is 0 Å². The molecule has 0 fully saturated rings. The maximum Gasteiger partial charge on any atom is 0.407 e. The fraction of sp³-hybridized carbons (Fsp3) is 0.500. The fourth-order valence-corrected chi connectivity index (χ4v) is 1.38. The third-order valence-corrected chi connectivity index (χ3v) is 2.48. The van der Waals surface area contributed by atoms with Gasteiger partial charge in [0.1, 0.15) is 12.1 Å². The van der Waals surface area contributed by atoms with Gasteiger partial charge >= 0.3 is 36.1 Å². The molecule has 0 saturated heterocycles. The third kappa shape index (κ3) is 8.73. The van der Waals surface area contributed by atoms with E-state index in [4.69, 9.17) is 10.2 Å². The summed E-state index contributed by atoms with van der Waals surface area (Å²) in [5, 5.41) is 21.1. The molecular weight excluding hydrogens is 348 g/mol. The standard InChI is InChI=1S/C12H16N2O11/c1-23-11(21)13-5(3-7(15)16)9(19)25-10(20)6(4-8(17)18)14-12(22)24-2/h5-6H,3-4H2,1-2H3,(H,13,21)(H,14,22)(H,15,16)(H,17,18)/t5-,6-/m0/s1.